The lowest BCUT2D eigenvalue weighted by Gasteiger charge is -2.30. The number of rotatable bonds is 6. The van der Waals surface area contributed by atoms with E-state index in [0.717, 1.165) is 5.41 Å². The summed E-state index contributed by atoms with van der Waals surface area (Å²) in [7, 11) is 0. The standard InChI is InChI=1S/C15H30.H2O/c1-5-14(3,4)10-9-13-15(6-2)11-7-8-12-15;/h5-13H2,1-4H3;1H2. The van der Waals surface area contributed by atoms with E-state index in [1.807, 2.05) is 0 Å². The van der Waals surface area contributed by atoms with Gasteiger partial charge in [-0.2, -0.15) is 0 Å². The highest BCUT2D eigenvalue weighted by Gasteiger charge is 2.31. The summed E-state index contributed by atoms with van der Waals surface area (Å²) in [6.07, 6.45) is 13.1. The van der Waals surface area contributed by atoms with E-state index < -0.39 is 0 Å². The van der Waals surface area contributed by atoms with Crippen molar-refractivity contribution in [2.75, 3.05) is 0 Å². The van der Waals surface area contributed by atoms with Crippen molar-refractivity contribution in [3.63, 3.8) is 0 Å². The van der Waals surface area contributed by atoms with Crippen molar-refractivity contribution in [2.24, 2.45) is 10.8 Å². The molecule has 16 heavy (non-hydrogen) atoms. The first-order chi connectivity index (χ1) is 7.04. The fraction of sp³-hybridized carbons (Fsp3) is 1.00. The largest absolute Gasteiger partial charge is 0.412 e. The Morgan fingerprint density at radius 3 is 2.06 bits per heavy atom. The van der Waals surface area contributed by atoms with Gasteiger partial charge in [-0.1, -0.05) is 59.8 Å². The van der Waals surface area contributed by atoms with E-state index in [2.05, 4.69) is 27.7 Å². The normalized spacial score (nSPS) is 19.5. The van der Waals surface area contributed by atoms with Gasteiger partial charge in [0.1, 0.15) is 0 Å². The third kappa shape index (κ3) is 4.45. The molecule has 1 heteroatoms. The Bertz CT molecular complexity index is 178. The van der Waals surface area contributed by atoms with E-state index in [1.54, 1.807) is 0 Å². The van der Waals surface area contributed by atoms with Crippen LogP contribution in [0.1, 0.15) is 85.5 Å². The van der Waals surface area contributed by atoms with Gasteiger partial charge in [0.2, 0.25) is 0 Å². The van der Waals surface area contributed by atoms with E-state index in [0.29, 0.717) is 5.41 Å². The molecule has 1 aliphatic rings. The van der Waals surface area contributed by atoms with Gasteiger partial charge in [-0.25, -0.2) is 0 Å². The van der Waals surface area contributed by atoms with Crippen LogP contribution >= 0.6 is 0 Å². The van der Waals surface area contributed by atoms with Crippen LogP contribution in [-0.2, 0) is 0 Å². The molecular weight excluding hydrogens is 196 g/mol. The molecule has 2 N–H and O–H groups in total. The van der Waals surface area contributed by atoms with Crippen molar-refractivity contribution in [3.05, 3.63) is 0 Å². The molecule has 1 fully saturated rings. The van der Waals surface area contributed by atoms with Crippen molar-refractivity contribution >= 4 is 0 Å². The molecular formula is C15H32O. The van der Waals surface area contributed by atoms with Crippen molar-refractivity contribution in [2.45, 2.75) is 85.5 Å². The van der Waals surface area contributed by atoms with Gasteiger partial charge in [-0.3, -0.25) is 0 Å². The van der Waals surface area contributed by atoms with E-state index in [4.69, 9.17) is 0 Å². The third-order valence-electron chi connectivity index (χ3n) is 4.93. The zero-order chi connectivity index (χ0) is 11.4. The minimum Gasteiger partial charge on any atom is -0.412 e. The monoisotopic (exact) mass is 228 g/mol. The summed E-state index contributed by atoms with van der Waals surface area (Å²) in [5.74, 6) is 0. The first kappa shape index (κ1) is 16.0. The van der Waals surface area contributed by atoms with E-state index in [-0.39, 0.29) is 5.48 Å². The molecule has 0 heterocycles. The maximum Gasteiger partial charge on any atom is -0.0300 e. The zero-order valence-electron chi connectivity index (χ0n) is 11.9. The Balaban J connectivity index is 0.00000225. The lowest BCUT2D eigenvalue weighted by atomic mass is 9.76. The summed E-state index contributed by atoms with van der Waals surface area (Å²) in [6, 6.07) is 0. The van der Waals surface area contributed by atoms with Crippen LogP contribution in [-0.4, -0.2) is 5.48 Å². The second-order valence-electron chi connectivity index (χ2n) is 6.43. The summed E-state index contributed by atoms with van der Waals surface area (Å²) in [5, 5.41) is 0. The van der Waals surface area contributed by atoms with Gasteiger partial charge in [0.15, 0.2) is 0 Å². The second kappa shape index (κ2) is 6.64. The van der Waals surface area contributed by atoms with E-state index >= 15 is 0 Å². The molecule has 0 radical (unpaired) electrons. The molecule has 0 saturated heterocycles. The Morgan fingerprint density at radius 2 is 1.62 bits per heavy atom. The Hall–Kier alpha value is -0.0400. The molecule has 1 rings (SSSR count). The summed E-state index contributed by atoms with van der Waals surface area (Å²) in [6.45, 7) is 9.56. The van der Waals surface area contributed by atoms with Crippen LogP contribution in [0.5, 0.6) is 0 Å². The minimum atomic E-state index is 0. The average molecular weight is 228 g/mol. The van der Waals surface area contributed by atoms with Gasteiger partial charge in [-0.05, 0) is 36.5 Å². The molecule has 1 aliphatic carbocycles. The Kier molecular flexibility index (Phi) is 6.62. The summed E-state index contributed by atoms with van der Waals surface area (Å²) < 4.78 is 0. The SMILES string of the molecule is CCC(C)(C)CCCC1(CC)CCCC1.O. The maximum absolute atomic E-state index is 2.42. The van der Waals surface area contributed by atoms with Crippen LogP contribution in [0.4, 0.5) is 0 Å². The number of hydrogen-bond acceptors (Lipinski definition) is 0. The molecule has 0 amide bonds. The predicted molar refractivity (Wildman–Crippen MR) is 72.7 cm³/mol. The summed E-state index contributed by atoms with van der Waals surface area (Å²) in [5.41, 5.74) is 1.33. The van der Waals surface area contributed by atoms with Crippen LogP contribution in [0, 0.1) is 10.8 Å². The van der Waals surface area contributed by atoms with Crippen LogP contribution in [0.2, 0.25) is 0 Å². The third-order valence-corrected chi connectivity index (χ3v) is 4.93. The van der Waals surface area contributed by atoms with Gasteiger partial charge in [0.05, 0.1) is 0 Å². The van der Waals surface area contributed by atoms with Gasteiger partial charge >= 0.3 is 0 Å². The maximum atomic E-state index is 2.42. The van der Waals surface area contributed by atoms with Crippen LogP contribution in [0.15, 0.2) is 0 Å². The van der Waals surface area contributed by atoms with Gasteiger partial charge in [-0.15, -0.1) is 0 Å². The first-order valence-corrected chi connectivity index (χ1v) is 7.04. The van der Waals surface area contributed by atoms with E-state index in [1.165, 1.54) is 57.8 Å². The minimum absolute atomic E-state index is 0. The molecule has 0 atom stereocenters. The van der Waals surface area contributed by atoms with Crippen molar-refractivity contribution in [3.8, 4) is 0 Å². The molecule has 1 saturated carbocycles. The van der Waals surface area contributed by atoms with Gasteiger partial charge < -0.3 is 5.48 Å². The van der Waals surface area contributed by atoms with Gasteiger partial charge in [0, 0.05) is 0 Å². The Labute approximate surface area is 102 Å². The number of hydrogen-bond donors (Lipinski definition) is 0. The lowest BCUT2D eigenvalue weighted by Crippen LogP contribution is -2.17. The smallest absolute Gasteiger partial charge is 0.0300 e. The molecule has 0 aliphatic heterocycles. The average Bonchev–Trinajstić information content (AvgIpc) is 2.67. The van der Waals surface area contributed by atoms with Crippen LogP contribution < -0.4 is 0 Å². The summed E-state index contributed by atoms with van der Waals surface area (Å²) in [4.78, 5) is 0. The second-order valence-corrected chi connectivity index (χ2v) is 6.43. The highest BCUT2D eigenvalue weighted by Crippen LogP contribution is 2.45. The van der Waals surface area contributed by atoms with Crippen molar-refractivity contribution in [1.29, 1.82) is 0 Å². The lowest BCUT2D eigenvalue weighted by molar-refractivity contribution is 0.222. The molecule has 0 aromatic heterocycles. The van der Waals surface area contributed by atoms with Crippen LogP contribution in [0.3, 0.4) is 0 Å². The predicted octanol–water partition coefficient (Wildman–Crippen LogP) is 4.74. The molecule has 0 spiro atoms. The molecule has 1 nitrogen and oxygen atoms in total. The molecule has 0 aromatic carbocycles. The van der Waals surface area contributed by atoms with Crippen LogP contribution in [0.25, 0.3) is 0 Å². The first-order valence-electron chi connectivity index (χ1n) is 7.04. The molecule has 0 bridgehead atoms. The molecule has 98 valence electrons. The van der Waals surface area contributed by atoms with Crippen molar-refractivity contribution < 1.29 is 5.48 Å². The zero-order valence-corrected chi connectivity index (χ0v) is 11.9. The molecule has 0 unspecified atom stereocenters. The highest BCUT2D eigenvalue weighted by molar-refractivity contribution is 4.84. The fourth-order valence-electron chi connectivity index (χ4n) is 3.02. The van der Waals surface area contributed by atoms with E-state index in [9.17, 15) is 0 Å². The quantitative estimate of drug-likeness (QED) is 0.629. The van der Waals surface area contributed by atoms with Gasteiger partial charge in [0.25, 0.3) is 0 Å². The highest BCUT2D eigenvalue weighted by atomic mass is 16.0. The van der Waals surface area contributed by atoms with Crippen molar-refractivity contribution in [1.82, 2.24) is 0 Å². The Morgan fingerprint density at radius 1 is 1.06 bits per heavy atom. The molecule has 0 aromatic rings. The summed E-state index contributed by atoms with van der Waals surface area (Å²) >= 11 is 0. The fourth-order valence-corrected chi connectivity index (χ4v) is 3.02. The topological polar surface area (TPSA) is 31.5 Å².